The first-order valence-electron chi connectivity index (χ1n) is 8.70. The Morgan fingerprint density at radius 3 is 2.40 bits per heavy atom. The second-order valence-electron chi connectivity index (χ2n) is 6.42. The van der Waals surface area contributed by atoms with Crippen molar-refractivity contribution in [1.29, 1.82) is 0 Å². The van der Waals surface area contributed by atoms with Crippen molar-refractivity contribution in [1.82, 2.24) is 14.9 Å². The van der Waals surface area contributed by atoms with Gasteiger partial charge in [0.05, 0.1) is 34.9 Å². The lowest BCUT2D eigenvalue weighted by Crippen LogP contribution is -2.40. The molecule has 0 atom stereocenters. The number of hydrogen-bond acceptors (Lipinski definition) is 5. The van der Waals surface area contributed by atoms with E-state index < -0.39 is 0 Å². The zero-order valence-corrected chi connectivity index (χ0v) is 14.9. The molecule has 2 aromatic rings. The van der Waals surface area contributed by atoms with Crippen molar-refractivity contribution < 1.29 is 14.3 Å². The van der Waals surface area contributed by atoms with E-state index in [0.29, 0.717) is 38.1 Å². The predicted octanol–water partition coefficient (Wildman–Crippen LogP) is 2.66. The van der Waals surface area contributed by atoms with Crippen molar-refractivity contribution in [3.05, 3.63) is 35.2 Å². The van der Waals surface area contributed by atoms with E-state index in [1.165, 1.54) is 0 Å². The number of aromatic nitrogens is 2. The van der Waals surface area contributed by atoms with Crippen molar-refractivity contribution >= 4 is 22.9 Å². The van der Waals surface area contributed by atoms with E-state index in [1.807, 2.05) is 26.8 Å². The monoisotopic (exact) mass is 341 g/mol. The Kier molecular flexibility index (Phi) is 4.97. The number of esters is 1. The van der Waals surface area contributed by atoms with Crippen molar-refractivity contribution in [2.24, 2.45) is 5.92 Å². The lowest BCUT2D eigenvalue weighted by molar-refractivity contribution is -0.149. The van der Waals surface area contributed by atoms with Crippen LogP contribution in [0.1, 0.15) is 41.5 Å². The fourth-order valence-corrected chi connectivity index (χ4v) is 3.12. The molecule has 1 aromatic heterocycles. The quantitative estimate of drug-likeness (QED) is 0.803. The van der Waals surface area contributed by atoms with E-state index in [0.717, 1.165) is 22.4 Å². The summed E-state index contributed by atoms with van der Waals surface area (Å²) in [5.74, 6) is -0.275. The minimum atomic E-state index is -0.151. The maximum atomic E-state index is 12.8. The third-order valence-electron chi connectivity index (χ3n) is 4.72. The van der Waals surface area contributed by atoms with Gasteiger partial charge in [-0.15, -0.1) is 0 Å². The van der Waals surface area contributed by atoms with Crippen LogP contribution in [-0.2, 0) is 9.53 Å². The molecule has 132 valence electrons. The van der Waals surface area contributed by atoms with Gasteiger partial charge in [-0.1, -0.05) is 0 Å². The number of hydrogen-bond donors (Lipinski definition) is 0. The molecular formula is C19H23N3O3. The first-order chi connectivity index (χ1) is 12.0. The van der Waals surface area contributed by atoms with E-state index in [-0.39, 0.29) is 17.8 Å². The highest BCUT2D eigenvalue weighted by atomic mass is 16.5. The second-order valence-corrected chi connectivity index (χ2v) is 6.42. The minimum Gasteiger partial charge on any atom is -0.466 e. The van der Waals surface area contributed by atoms with Crippen molar-refractivity contribution in [3.63, 3.8) is 0 Å². The summed E-state index contributed by atoms with van der Waals surface area (Å²) in [6, 6.07) is 5.44. The van der Waals surface area contributed by atoms with Gasteiger partial charge in [0.15, 0.2) is 0 Å². The molecule has 0 saturated carbocycles. The van der Waals surface area contributed by atoms with E-state index in [4.69, 9.17) is 4.74 Å². The Morgan fingerprint density at radius 1 is 1.12 bits per heavy atom. The van der Waals surface area contributed by atoms with Crippen molar-refractivity contribution in [3.8, 4) is 0 Å². The van der Waals surface area contributed by atoms with Gasteiger partial charge in [0, 0.05) is 18.7 Å². The Morgan fingerprint density at radius 2 is 1.76 bits per heavy atom. The SMILES string of the molecule is CCOC(=O)C1CCN(C(=O)c2ccc3nc(C)c(C)nc3c2)CC1. The molecular weight excluding hydrogens is 318 g/mol. The van der Waals surface area contributed by atoms with Crippen LogP contribution in [0.15, 0.2) is 18.2 Å². The standard InChI is InChI=1S/C19H23N3O3/c1-4-25-19(24)14-7-9-22(10-8-14)18(23)15-5-6-16-17(11-15)21-13(3)12(2)20-16/h5-6,11,14H,4,7-10H2,1-3H3. The normalized spacial score (nSPS) is 15.4. The molecule has 1 aliphatic rings. The van der Waals surface area contributed by atoms with Crippen LogP contribution >= 0.6 is 0 Å². The summed E-state index contributed by atoms with van der Waals surface area (Å²) in [6.45, 7) is 7.18. The number of carbonyl (C=O) groups is 2. The molecule has 25 heavy (non-hydrogen) atoms. The van der Waals surface area contributed by atoms with Gasteiger partial charge in [-0.3, -0.25) is 9.59 Å². The lowest BCUT2D eigenvalue weighted by atomic mass is 9.96. The molecule has 1 fully saturated rings. The second kappa shape index (κ2) is 7.17. The summed E-state index contributed by atoms with van der Waals surface area (Å²) in [7, 11) is 0. The maximum Gasteiger partial charge on any atom is 0.309 e. The fraction of sp³-hybridized carbons (Fsp3) is 0.474. The van der Waals surface area contributed by atoms with E-state index in [9.17, 15) is 9.59 Å². The smallest absolute Gasteiger partial charge is 0.309 e. The van der Waals surface area contributed by atoms with Crippen LogP contribution in [0.25, 0.3) is 11.0 Å². The third-order valence-corrected chi connectivity index (χ3v) is 4.72. The molecule has 0 radical (unpaired) electrons. The maximum absolute atomic E-state index is 12.8. The van der Waals surface area contributed by atoms with Crippen molar-refractivity contribution in [2.75, 3.05) is 19.7 Å². The largest absolute Gasteiger partial charge is 0.466 e. The lowest BCUT2D eigenvalue weighted by Gasteiger charge is -2.31. The highest BCUT2D eigenvalue weighted by Crippen LogP contribution is 2.22. The predicted molar refractivity (Wildman–Crippen MR) is 94.3 cm³/mol. The number of likely N-dealkylation sites (tertiary alicyclic amines) is 1. The van der Waals surface area contributed by atoms with Gasteiger partial charge in [0.25, 0.3) is 5.91 Å². The van der Waals surface area contributed by atoms with Gasteiger partial charge in [0.1, 0.15) is 0 Å². The van der Waals surface area contributed by atoms with Gasteiger partial charge in [-0.05, 0) is 51.8 Å². The summed E-state index contributed by atoms with van der Waals surface area (Å²) in [5.41, 5.74) is 3.90. The number of ether oxygens (including phenoxy) is 1. The van der Waals surface area contributed by atoms with E-state index in [1.54, 1.807) is 17.0 Å². The summed E-state index contributed by atoms with van der Waals surface area (Å²) < 4.78 is 5.07. The highest BCUT2D eigenvalue weighted by Gasteiger charge is 2.28. The van der Waals surface area contributed by atoms with Crippen LogP contribution in [0.2, 0.25) is 0 Å². The van der Waals surface area contributed by atoms with Crippen LogP contribution in [0.3, 0.4) is 0 Å². The van der Waals surface area contributed by atoms with Crippen LogP contribution in [0, 0.1) is 19.8 Å². The van der Waals surface area contributed by atoms with E-state index in [2.05, 4.69) is 9.97 Å². The Balaban J connectivity index is 1.72. The molecule has 2 heterocycles. The number of benzene rings is 1. The molecule has 6 nitrogen and oxygen atoms in total. The number of rotatable bonds is 3. The third kappa shape index (κ3) is 3.62. The summed E-state index contributed by atoms with van der Waals surface area (Å²) in [5, 5.41) is 0. The Bertz CT molecular complexity index is 811. The molecule has 0 aliphatic carbocycles. The van der Waals surface area contributed by atoms with Crippen molar-refractivity contribution in [2.45, 2.75) is 33.6 Å². The van der Waals surface area contributed by atoms with Crippen LogP contribution in [0.4, 0.5) is 0 Å². The van der Waals surface area contributed by atoms with Crippen LogP contribution in [-0.4, -0.2) is 46.4 Å². The molecule has 0 N–H and O–H groups in total. The molecule has 1 saturated heterocycles. The first kappa shape index (κ1) is 17.3. The van der Waals surface area contributed by atoms with E-state index >= 15 is 0 Å². The van der Waals surface area contributed by atoms with Crippen LogP contribution in [0.5, 0.6) is 0 Å². The molecule has 1 aromatic carbocycles. The minimum absolute atomic E-state index is 0.0239. The highest BCUT2D eigenvalue weighted by molar-refractivity contribution is 5.97. The summed E-state index contributed by atoms with van der Waals surface area (Å²) >= 11 is 0. The topological polar surface area (TPSA) is 72.4 Å². The molecule has 1 aliphatic heterocycles. The number of fused-ring (bicyclic) bond motifs is 1. The van der Waals surface area contributed by atoms with Gasteiger partial charge in [0.2, 0.25) is 0 Å². The zero-order valence-electron chi connectivity index (χ0n) is 14.9. The molecule has 0 spiro atoms. The Labute approximate surface area is 147 Å². The fourth-order valence-electron chi connectivity index (χ4n) is 3.12. The summed E-state index contributed by atoms with van der Waals surface area (Å²) in [4.78, 5) is 35.4. The van der Waals surface area contributed by atoms with Crippen LogP contribution < -0.4 is 0 Å². The van der Waals surface area contributed by atoms with Gasteiger partial charge in [-0.2, -0.15) is 0 Å². The number of piperidine rings is 1. The first-order valence-corrected chi connectivity index (χ1v) is 8.70. The van der Waals surface area contributed by atoms with Gasteiger partial charge >= 0.3 is 5.97 Å². The number of aryl methyl sites for hydroxylation is 2. The average Bonchev–Trinajstić information content (AvgIpc) is 2.62. The van der Waals surface area contributed by atoms with Gasteiger partial charge in [-0.25, -0.2) is 9.97 Å². The molecule has 0 bridgehead atoms. The average molecular weight is 341 g/mol. The molecule has 3 rings (SSSR count). The summed E-state index contributed by atoms with van der Waals surface area (Å²) in [6.07, 6.45) is 1.30. The number of amides is 1. The number of carbonyl (C=O) groups excluding carboxylic acids is 2. The zero-order chi connectivity index (χ0) is 18.0. The number of nitrogens with zero attached hydrogens (tertiary/aromatic N) is 3. The molecule has 0 unspecified atom stereocenters. The Hall–Kier alpha value is -2.50. The van der Waals surface area contributed by atoms with Gasteiger partial charge < -0.3 is 9.64 Å². The molecule has 6 heteroatoms. The molecule has 1 amide bonds.